The molecule has 0 heterocycles. The molecule has 8 heteroatoms. The first kappa shape index (κ1) is 23.2. The molecule has 0 saturated carbocycles. The second-order valence-electron chi connectivity index (χ2n) is 7.47. The molecule has 0 bridgehead atoms. The van der Waals surface area contributed by atoms with E-state index in [0.717, 1.165) is 11.1 Å². The molecule has 0 saturated heterocycles. The fourth-order valence-corrected chi connectivity index (χ4v) is 3.85. The van der Waals surface area contributed by atoms with Crippen molar-refractivity contribution >= 4 is 27.4 Å². The molecular weight excluding hydrogens is 413 g/mol. The molecule has 0 spiro atoms. The van der Waals surface area contributed by atoms with Crippen molar-refractivity contribution in [2.24, 2.45) is 4.99 Å². The fourth-order valence-electron chi connectivity index (χ4n) is 2.79. The molecule has 29 heavy (non-hydrogen) atoms. The van der Waals surface area contributed by atoms with Crippen LogP contribution < -0.4 is 10.6 Å². The predicted octanol–water partition coefficient (Wildman–Crippen LogP) is 3.92. The van der Waals surface area contributed by atoms with E-state index in [1.165, 1.54) is 18.4 Å². The lowest BCUT2D eigenvalue weighted by Crippen LogP contribution is -2.43. The molecule has 158 valence electrons. The smallest absolute Gasteiger partial charge is 0.191 e. The minimum absolute atomic E-state index is 0.285. The first-order valence-electron chi connectivity index (χ1n) is 9.29. The van der Waals surface area contributed by atoms with Crippen LogP contribution in [-0.4, -0.2) is 33.7 Å². The van der Waals surface area contributed by atoms with E-state index in [-0.39, 0.29) is 16.1 Å². The number of halogens is 2. The van der Waals surface area contributed by atoms with Crippen molar-refractivity contribution in [3.63, 3.8) is 0 Å². The Balaban J connectivity index is 2.08. The zero-order chi connectivity index (χ0) is 21.7. The van der Waals surface area contributed by atoms with Gasteiger partial charge in [-0.25, -0.2) is 17.8 Å². The van der Waals surface area contributed by atoms with Gasteiger partial charge in [0.1, 0.15) is 5.82 Å². The van der Waals surface area contributed by atoms with E-state index in [1.807, 2.05) is 20.8 Å². The first-order chi connectivity index (χ1) is 13.5. The minimum atomic E-state index is -3.21. The summed E-state index contributed by atoms with van der Waals surface area (Å²) in [7, 11) is -3.21. The highest BCUT2D eigenvalue weighted by molar-refractivity contribution is 7.90. The maximum atomic E-state index is 13.3. The summed E-state index contributed by atoms with van der Waals surface area (Å²) in [4.78, 5) is 4.85. The third kappa shape index (κ3) is 6.72. The summed E-state index contributed by atoms with van der Waals surface area (Å²) in [5.74, 6) is 0.269. The van der Waals surface area contributed by atoms with Crippen LogP contribution in [0.5, 0.6) is 0 Å². The average Bonchev–Trinajstić information content (AvgIpc) is 2.63. The quantitative estimate of drug-likeness (QED) is 0.506. The Morgan fingerprint density at radius 2 is 1.79 bits per heavy atom. The van der Waals surface area contributed by atoms with Gasteiger partial charge in [-0.1, -0.05) is 43.6 Å². The van der Waals surface area contributed by atoms with Crippen LogP contribution >= 0.6 is 11.6 Å². The standard InChI is InChI=1S/C21H27ClFN3O2S/c1-5-24-20(25-13-15-6-9-17(10-7-15)29(4,27)28)26-14-21(2,3)18-11-8-16(23)12-19(18)22/h6-12H,5,13-14H2,1-4H3,(H2,24,25,26). The number of sulfone groups is 1. The first-order valence-corrected chi connectivity index (χ1v) is 11.6. The highest BCUT2D eigenvalue weighted by Gasteiger charge is 2.24. The number of nitrogens with zero attached hydrogens (tertiary/aromatic N) is 1. The lowest BCUT2D eigenvalue weighted by Gasteiger charge is -2.27. The summed E-state index contributed by atoms with van der Waals surface area (Å²) in [6, 6.07) is 11.1. The van der Waals surface area contributed by atoms with Gasteiger partial charge in [-0.15, -0.1) is 0 Å². The topological polar surface area (TPSA) is 70.6 Å². The summed E-state index contributed by atoms with van der Waals surface area (Å²) in [6.07, 6.45) is 1.18. The molecule has 2 rings (SSSR count). The molecule has 0 aliphatic heterocycles. The molecule has 2 aromatic carbocycles. The van der Waals surface area contributed by atoms with Crippen molar-refractivity contribution in [3.05, 3.63) is 64.4 Å². The summed E-state index contributed by atoms with van der Waals surface area (Å²) in [5.41, 5.74) is 1.40. The number of nitrogens with one attached hydrogen (secondary N) is 2. The largest absolute Gasteiger partial charge is 0.357 e. The van der Waals surface area contributed by atoms with Gasteiger partial charge < -0.3 is 10.6 Å². The van der Waals surface area contributed by atoms with E-state index in [2.05, 4.69) is 15.6 Å². The van der Waals surface area contributed by atoms with Gasteiger partial charge >= 0.3 is 0 Å². The molecule has 0 radical (unpaired) electrons. The summed E-state index contributed by atoms with van der Waals surface area (Å²) < 4.78 is 36.5. The van der Waals surface area contributed by atoms with Crippen LogP contribution in [0, 0.1) is 5.82 Å². The molecular formula is C21H27ClFN3O2S. The third-order valence-electron chi connectivity index (χ3n) is 4.47. The monoisotopic (exact) mass is 439 g/mol. The van der Waals surface area contributed by atoms with Crippen molar-refractivity contribution in [2.75, 3.05) is 19.3 Å². The van der Waals surface area contributed by atoms with E-state index < -0.39 is 9.84 Å². The molecule has 0 aromatic heterocycles. The van der Waals surface area contributed by atoms with E-state index >= 15 is 0 Å². The second-order valence-corrected chi connectivity index (χ2v) is 9.90. The zero-order valence-electron chi connectivity index (χ0n) is 17.1. The summed E-state index contributed by atoms with van der Waals surface area (Å²) >= 11 is 6.22. The van der Waals surface area contributed by atoms with Crippen molar-refractivity contribution in [1.82, 2.24) is 10.6 Å². The number of rotatable bonds is 7. The zero-order valence-corrected chi connectivity index (χ0v) is 18.7. The molecule has 0 aliphatic rings. The molecule has 5 nitrogen and oxygen atoms in total. The van der Waals surface area contributed by atoms with Gasteiger partial charge in [0, 0.05) is 29.8 Å². The van der Waals surface area contributed by atoms with Crippen molar-refractivity contribution in [2.45, 2.75) is 37.6 Å². The SMILES string of the molecule is CCNC(=NCc1ccc(S(C)(=O)=O)cc1)NCC(C)(C)c1ccc(F)cc1Cl. The number of aliphatic imine (C=N–C) groups is 1. The Hall–Kier alpha value is -2.12. The molecule has 0 amide bonds. The lowest BCUT2D eigenvalue weighted by atomic mass is 9.84. The average molecular weight is 440 g/mol. The molecule has 0 aliphatic carbocycles. The Morgan fingerprint density at radius 3 is 2.34 bits per heavy atom. The maximum absolute atomic E-state index is 13.3. The second kappa shape index (κ2) is 9.59. The number of guanidine groups is 1. The lowest BCUT2D eigenvalue weighted by molar-refractivity contribution is 0.507. The number of hydrogen-bond acceptors (Lipinski definition) is 3. The van der Waals surface area contributed by atoms with Gasteiger partial charge in [-0.05, 0) is 42.3 Å². The summed E-state index contributed by atoms with van der Waals surface area (Å²) in [6.45, 7) is 7.64. The third-order valence-corrected chi connectivity index (χ3v) is 5.91. The molecule has 0 unspecified atom stereocenters. The number of benzene rings is 2. The highest BCUT2D eigenvalue weighted by Crippen LogP contribution is 2.29. The van der Waals surface area contributed by atoms with Crippen molar-refractivity contribution < 1.29 is 12.8 Å². The van der Waals surface area contributed by atoms with Crippen LogP contribution in [0.1, 0.15) is 31.9 Å². The Labute approximate surface area is 177 Å². The van der Waals surface area contributed by atoms with Crippen molar-refractivity contribution in [1.29, 1.82) is 0 Å². The van der Waals surface area contributed by atoms with E-state index in [1.54, 1.807) is 30.3 Å². The molecule has 2 N–H and O–H groups in total. The highest BCUT2D eigenvalue weighted by atomic mass is 35.5. The van der Waals surface area contributed by atoms with Crippen LogP contribution in [0.2, 0.25) is 5.02 Å². The summed E-state index contributed by atoms with van der Waals surface area (Å²) in [5, 5.41) is 6.88. The van der Waals surface area contributed by atoms with Gasteiger partial charge in [0.15, 0.2) is 15.8 Å². The van der Waals surface area contributed by atoms with Crippen LogP contribution in [-0.2, 0) is 21.8 Å². The normalized spacial score (nSPS) is 12.7. The fraction of sp³-hybridized carbons (Fsp3) is 0.381. The van der Waals surface area contributed by atoms with Gasteiger partial charge in [-0.3, -0.25) is 0 Å². The van der Waals surface area contributed by atoms with Gasteiger partial charge in [0.05, 0.1) is 11.4 Å². The van der Waals surface area contributed by atoms with E-state index in [4.69, 9.17) is 11.6 Å². The van der Waals surface area contributed by atoms with Crippen LogP contribution in [0.4, 0.5) is 4.39 Å². The Kier molecular flexibility index (Phi) is 7.66. The predicted molar refractivity (Wildman–Crippen MR) is 117 cm³/mol. The van der Waals surface area contributed by atoms with Crippen LogP contribution in [0.3, 0.4) is 0 Å². The molecule has 0 fully saturated rings. The van der Waals surface area contributed by atoms with Gasteiger partial charge in [0.25, 0.3) is 0 Å². The van der Waals surface area contributed by atoms with Crippen molar-refractivity contribution in [3.8, 4) is 0 Å². The maximum Gasteiger partial charge on any atom is 0.191 e. The van der Waals surface area contributed by atoms with E-state index in [0.29, 0.717) is 30.6 Å². The Bertz CT molecular complexity index is 974. The van der Waals surface area contributed by atoms with Gasteiger partial charge in [-0.2, -0.15) is 0 Å². The van der Waals surface area contributed by atoms with Crippen LogP contribution in [0.25, 0.3) is 0 Å². The van der Waals surface area contributed by atoms with E-state index in [9.17, 15) is 12.8 Å². The van der Waals surface area contributed by atoms with Gasteiger partial charge in [0.2, 0.25) is 0 Å². The molecule has 2 aromatic rings. The van der Waals surface area contributed by atoms with Crippen LogP contribution in [0.15, 0.2) is 52.4 Å². The minimum Gasteiger partial charge on any atom is -0.357 e. The molecule has 0 atom stereocenters. The Morgan fingerprint density at radius 1 is 1.14 bits per heavy atom. The number of hydrogen-bond donors (Lipinski definition) is 2.